The minimum Gasteiger partial charge on any atom is -0.493 e. The highest BCUT2D eigenvalue weighted by molar-refractivity contribution is 5.98. The molecule has 0 bridgehead atoms. The molecular formula is C20H22N8O2. The summed E-state index contributed by atoms with van der Waals surface area (Å²) in [5.41, 5.74) is 13.5. The Hall–Kier alpha value is -4.18. The molecule has 1 aromatic heterocycles. The summed E-state index contributed by atoms with van der Waals surface area (Å²) in [6.07, 6.45) is 2.53. The predicted octanol–water partition coefficient (Wildman–Crippen LogP) is 2.25. The Labute approximate surface area is 174 Å². The third kappa shape index (κ3) is 3.59. The van der Waals surface area contributed by atoms with Gasteiger partial charge >= 0.3 is 0 Å². The number of ether oxygens (including phenoxy) is 2. The molecule has 1 aromatic carbocycles. The van der Waals surface area contributed by atoms with E-state index < -0.39 is 6.04 Å². The van der Waals surface area contributed by atoms with Crippen molar-refractivity contribution in [2.45, 2.75) is 32.4 Å². The van der Waals surface area contributed by atoms with Crippen molar-refractivity contribution in [2.75, 3.05) is 23.9 Å². The van der Waals surface area contributed by atoms with Crippen LogP contribution in [0.3, 0.4) is 0 Å². The molecule has 2 heterocycles. The fourth-order valence-corrected chi connectivity index (χ4v) is 3.13. The van der Waals surface area contributed by atoms with Gasteiger partial charge in [-0.2, -0.15) is 10.5 Å². The number of nitrogens with one attached hydrogen (secondary N) is 2. The molecule has 30 heavy (non-hydrogen) atoms. The standard InChI is InChI=1S/C20H22N8O2/c1-4-10(2)30-17-11(6-5-7-13(17)29-3)16-14-15(23)12(8-21)18(24)27-19(14)28-20(26-16)25-9-22/h5-7,10,16H,4H2,1-3H3,(H6,23,24,25,26,27,28). The number of nitrogens with zero attached hydrogens (tertiary/aromatic N) is 4. The van der Waals surface area contributed by atoms with Gasteiger partial charge in [-0.25, -0.2) is 9.98 Å². The van der Waals surface area contributed by atoms with Crippen LogP contribution >= 0.6 is 0 Å². The summed E-state index contributed by atoms with van der Waals surface area (Å²) in [6, 6.07) is 6.69. The normalized spacial score (nSPS) is 15.5. The number of para-hydroxylation sites is 1. The fourth-order valence-electron chi connectivity index (χ4n) is 3.13. The van der Waals surface area contributed by atoms with Crippen molar-refractivity contribution < 1.29 is 9.47 Å². The van der Waals surface area contributed by atoms with Crippen LogP contribution in [0.5, 0.6) is 11.5 Å². The minimum atomic E-state index is -0.716. The van der Waals surface area contributed by atoms with Gasteiger partial charge in [-0.3, -0.25) is 5.32 Å². The molecule has 0 radical (unpaired) electrons. The molecule has 154 valence electrons. The van der Waals surface area contributed by atoms with Crippen molar-refractivity contribution >= 4 is 23.3 Å². The van der Waals surface area contributed by atoms with Gasteiger partial charge < -0.3 is 26.3 Å². The molecule has 0 saturated carbocycles. The number of benzene rings is 1. The van der Waals surface area contributed by atoms with Crippen LogP contribution < -0.4 is 31.6 Å². The van der Waals surface area contributed by atoms with Crippen molar-refractivity contribution in [3.63, 3.8) is 0 Å². The number of hydrogen-bond donors (Lipinski definition) is 4. The highest BCUT2D eigenvalue weighted by Gasteiger charge is 2.32. The number of anilines is 3. The van der Waals surface area contributed by atoms with E-state index in [1.165, 1.54) is 0 Å². The van der Waals surface area contributed by atoms with E-state index in [0.29, 0.717) is 28.4 Å². The van der Waals surface area contributed by atoms with Gasteiger partial charge in [0, 0.05) is 11.1 Å². The molecule has 10 heteroatoms. The molecule has 0 aliphatic carbocycles. The number of hydrogen-bond acceptors (Lipinski definition) is 10. The second-order valence-corrected chi connectivity index (χ2v) is 6.62. The first-order valence-corrected chi connectivity index (χ1v) is 9.27. The van der Waals surface area contributed by atoms with Crippen LogP contribution in [0.15, 0.2) is 23.2 Å². The average molecular weight is 406 g/mol. The van der Waals surface area contributed by atoms with Gasteiger partial charge in [0.15, 0.2) is 17.7 Å². The molecule has 6 N–H and O–H groups in total. The Kier molecular flexibility index (Phi) is 5.79. The molecule has 3 rings (SSSR count). The summed E-state index contributed by atoms with van der Waals surface area (Å²) in [5, 5.41) is 23.9. The Balaban J connectivity index is 2.28. The van der Waals surface area contributed by atoms with Crippen molar-refractivity contribution in [1.29, 1.82) is 10.5 Å². The Bertz CT molecular complexity index is 1080. The van der Waals surface area contributed by atoms with Gasteiger partial charge in [0.05, 0.1) is 18.9 Å². The maximum atomic E-state index is 9.48. The zero-order chi connectivity index (χ0) is 21.8. The molecule has 0 fully saturated rings. The smallest absolute Gasteiger partial charge is 0.211 e. The van der Waals surface area contributed by atoms with E-state index in [-0.39, 0.29) is 29.1 Å². The van der Waals surface area contributed by atoms with Crippen LogP contribution in [-0.2, 0) is 0 Å². The number of aliphatic imine (C=N–C) groups is 1. The number of methoxy groups -OCH3 is 1. The number of pyridine rings is 1. The lowest BCUT2D eigenvalue weighted by molar-refractivity contribution is 0.205. The first-order chi connectivity index (χ1) is 14.4. The summed E-state index contributed by atoms with van der Waals surface area (Å²) in [5.74, 6) is 1.49. The van der Waals surface area contributed by atoms with E-state index in [1.54, 1.807) is 19.2 Å². The van der Waals surface area contributed by atoms with Crippen LogP contribution in [0, 0.1) is 22.8 Å². The monoisotopic (exact) mass is 406 g/mol. The summed E-state index contributed by atoms with van der Waals surface area (Å²) in [4.78, 5) is 8.85. The highest BCUT2D eigenvalue weighted by Crippen LogP contribution is 2.45. The molecule has 0 spiro atoms. The third-order valence-electron chi connectivity index (χ3n) is 4.78. The summed E-state index contributed by atoms with van der Waals surface area (Å²) in [7, 11) is 1.55. The Morgan fingerprint density at radius 1 is 1.33 bits per heavy atom. The molecule has 1 aliphatic heterocycles. The highest BCUT2D eigenvalue weighted by atomic mass is 16.5. The molecule has 10 nitrogen and oxygen atoms in total. The largest absolute Gasteiger partial charge is 0.493 e. The number of nitrogens with two attached hydrogens (primary N) is 2. The molecule has 0 amide bonds. The van der Waals surface area contributed by atoms with E-state index in [0.717, 1.165) is 6.42 Å². The van der Waals surface area contributed by atoms with Gasteiger partial charge in [0.1, 0.15) is 29.3 Å². The van der Waals surface area contributed by atoms with Crippen molar-refractivity contribution in [3.8, 4) is 23.8 Å². The predicted molar refractivity (Wildman–Crippen MR) is 113 cm³/mol. The van der Waals surface area contributed by atoms with Gasteiger partial charge in [0.2, 0.25) is 5.96 Å². The number of rotatable bonds is 5. The summed E-state index contributed by atoms with van der Waals surface area (Å²) in [6.45, 7) is 3.96. The van der Waals surface area contributed by atoms with E-state index >= 15 is 0 Å². The lowest BCUT2D eigenvalue weighted by Crippen LogP contribution is -2.33. The third-order valence-corrected chi connectivity index (χ3v) is 4.78. The quantitative estimate of drug-likeness (QED) is 0.430. The molecule has 1 aliphatic rings. The maximum absolute atomic E-state index is 9.48. The van der Waals surface area contributed by atoms with E-state index in [4.69, 9.17) is 26.2 Å². The average Bonchev–Trinajstić information content (AvgIpc) is 2.73. The van der Waals surface area contributed by atoms with E-state index in [1.807, 2.05) is 32.2 Å². The molecule has 2 aromatic rings. The Morgan fingerprint density at radius 2 is 2.10 bits per heavy atom. The van der Waals surface area contributed by atoms with Crippen LogP contribution in [0.2, 0.25) is 0 Å². The van der Waals surface area contributed by atoms with Crippen molar-refractivity contribution in [1.82, 2.24) is 10.3 Å². The number of nitrogen functional groups attached to an aromatic ring is 2. The van der Waals surface area contributed by atoms with Crippen LogP contribution in [0.4, 0.5) is 17.3 Å². The molecular weight excluding hydrogens is 384 g/mol. The summed E-state index contributed by atoms with van der Waals surface area (Å²) < 4.78 is 11.7. The first kappa shape index (κ1) is 20.6. The van der Waals surface area contributed by atoms with E-state index in [9.17, 15) is 5.26 Å². The van der Waals surface area contributed by atoms with Crippen molar-refractivity contribution in [3.05, 3.63) is 34.9 Å². The fraction of sp³-hybridized carbons (Fsp3) is 0.300. The van der Waals surface area contributed by atoms with Gasteiger partial charge in [-0.15, -0.1) is 0 Å². The number of guanidine groups is 1. The first-order valence-electron chi connectivity index (χ1n) is 9.27. The second-order valence-electron chi connectivity index (χ2n) is 6.62. The van der Waals surface area contributed by atoms with Gasteiger partial charge in [-0.1, -0.05) is 19.1 Å². The number of nitriles is 2. The number of aromatic nitrogens is 1. The SMILES string of the molecule is CCC(C)Oc1c(OC)cccc1C1N=C(NC#N)Nc2nc(N)c(C#N)c(N)c21. The van der Waals surface area contributed by atoms with Gasteiger partial charge in [0.25, 0.3) is 0 Å². The zero-order valence-corrected chi connectivity index (χ0v) is 16.9. The maximum Gasteiger partial charge on any atom is 0.211 e. The molecule has 2 unspecified atom stereocenters. The second kappa shape index (κ2) is 8.45. The van der Waals surface area contributed by atoms with Crippen LogP contribution in [0.1, 0.15) is 43.0 Å². The summed E-state index contributed by atoms with van der Waals surface area (Å²) >= 11 is 0. The van der Waals surface area contributed by atoms with Crippen LogP contribution in [0.25, 0.3) is 0 Å². The Morgan fingerprint density at radius 3 is 2.73 bits per heavy atom. The molecule has 0 saturated heterocycles. The van der Waals surface area contributed by atoms with Crippen LogP contribution in [-0.4, -0.2) is 24.2 Å². The lowest BCUT2D eigenvalue weighted by atomic mass is 9.94. The minimum absolute atomic E-state index is 0.0140. The molecule has 2 atom stereocenters. The van der Waals surface area contributed by atoms with E-state index in [2.05, 4.69) is 20.6 Å². The lowest BCUT2D eigenvalue weighted by Gasteiger charge is -2.28. The zero-order valence-electron chi connectivity index (χ0n) is 16.9. The van der Waals surface area contributed by atoms with Gasteiger partial charge in [-0.05, 0) is 19.4 Å². The van der Waals surface area contributed by atoms with Crippen molar-refractivity contribution in [2.24, 2.45) is 4.99 Å². The number of fused-ring (bicyclic) bond motifs is 1. The topological polar surface area (TPSA) is 167 Å².